The van der Waals surface area contributed by atoms with Gasteiger partial charge in [-0.15, -0.1) is 0 Å². The maximum Gasteiger partial charge on any atom is 0.258 e. The van der Waals surface area contributed by atoms with Gasteiger partial charge in [0.05, 0.1) is 11.8 Å². The molecule has 1 aromatic heterocycles. The largest absolute Gasteiger partial charge is 0.451 e. The number of halogens is 1. The molecular formula is C37H50FN5O3. The molecule has 2 aliphatic heterocycles. The molecule has 3 unspecified atom stereocenters. The van der Waals surface area contributed by atoms with Crippen LogP contribution in [0.5, 0.6) is 11.5 Å². The third-order valence-corrected chi connectivity index (χ3v) is 12.3. The SMILES string of the molecule is CC(C)N(C(=O)c1cc(F)ccc1Oc1cncnc1N1CC2(CCN(C[C@H]3CC4CCC3CC43CCC(=O)C3)CC2)C1)C(C)C. The van der Waals surface area contributed by atoms with E-state index in [1.807, 2.05) is 27.7 Å². The zero-order chi connectivity index (χ0) is 32.2. The van der Waals surface area contributed by atoms with Crippen LogP contribution < -0.4 is 9.64 Å². The first-order valence-electron chi connectivity index (χ1n) is 17.6. The van der Waals surface area contributed by atoms with Crippen molar-refractivity contribution < 1.29 is 18.7 Å². The number of rotatable bonds is 8. The van der Waals surface area contributed by atoms with Crippen molar-refractivity contribution in [2.75, 3.05) is 37.6 Å². The first-order chi connectivity index (χ1) is 22.0. The molecule has 8 nitrogen and oxygen atoms in total. The van der Waals surface area contributed by atoms with Crippen LogP contribution in [0, 0.1) is 34.4 Å². The molecular weight excluding hydrogens is 581 g/mol. The van der Waals surface area contributed by atoms with Crippen molar-refractivity contribution >= 4 is 17.5 Å². The molecule has 2 aromatic rings. The van der Waals surface area contributed by atoms with E-state index in [0.29, 0.717) is 28.5 Å². The van der Waals surface area contributed by atoms with E-state index in [4.69, 9.17) is 4.74 Å². The standard InChI is InChI=1S/C37H50FN5O3/c1-24(2)43(25(3)4)35(45)31-16-29(38)7-8-32(31)46-33-19-39-23-40-34(33)42-21-36(22-42)11-13-41(14-12-36)20-27-15-28-6-5-26(27)17-37(28)10-9-30(44)18-37/h7-8,16,19,23-28H,5-6,9-15,17-18,20-22H2,1-4H3/t26?,27-,28?,37?/m1/s1. The summed E-state index contributed by atoms with van der Waals surface area (Å²) in [5, 5.41) is 0. The van der Waals surface area contributed by atoms with Gasteiger partial charge < -0.3 is 19.4 Å². The minimum atomic E-state index is -0.478. The van der Waals surface area contributed by atoms with Crippen molar-refractivity contribution in [2.45, 2.75) is 97.6 Å². The van der Waals surface area contributed by atoms with Gasteiger partial charge in [0.1, 0.15) is 23.7 Å². The van der Waals surface area contributed by atoms with Crippen molar-refractivity contribution in [3.05, 3.63) is 42.1 Å². The number of likely N-dealkylation sites (tertiary alicyclic amines) is 1. The first kappa shape index (κ1) is 31.5. The van der Waals surface area contributed by atoms with E-state index in [1.165, 1.54) is 69.6 Å². The third-order valence-electron chi connectivity index (χ3n) is 12.3. The second kappa shape index (κ2) is 12.2. The summed E-state index contributed by atoms with van der Waals surface area (Å²) in [6.07, 6.45) is 13.7. The molecule has 2 spiro atoms. The number of piperidine rings is 1. The molecule has 9 heteroatoms. The highest BCUT2D eigenvalue weighted by Crippen LogP contribution is 2.61. The lowest BCUT2D eigenvalue weighted by Gasteiger charge is -2.56. The Balaban J connectivity index is 0.970. The Morgan fingerprint density at radius 3 is 2.50 bits per heavy atom. The Labute approximate surface area is 273 Å². The molecule has 2 saturated heterocycles. The van der Waals surface area contributed by atoms with Crippen LogP contribution in [0.2, 0.25) is 0 Å². The highest BCUT2D eigenvalue weighted by Gasteiger charge is 2.54. The topological polar surface area (TPSA) is 78.9 Å². The lowest BCUT2D eigenvalue weighted by Crippen LogP contribution is -2.61. The average Bonchev–Trinajstić information content (AvgIpc) is 3.37. The van der Waals surface area contributed by atoms with E-state index in [0.717, 1.165) is 63.2 Å². The highest BCUT2D eigenvalue weighted by atomic mass is 19.1. The number of nitrogens with zero attached hydrogens (tertiary/aromatic N) is 5. The first-order valence-corrected chi connectivity index (χ1v) is 17.6. The van der Waals surface area contributed by atoms with Gasteiger partial charge in [-0.2, -0.15) is 0 Å². The number of fused-ring (bicyclic) bond motifs is 2. The predicted molar refractivity (Wildman–Crippen MR) is 175 cm³/mol. The molecule has 2 bridgehead atoms. The van der Waals surface area contributed by atoms with Crippen LogP contribution in [-0.4, -0.2) is 76.3 Å². The lowest BCUT2D eigenvalue weighted by molar-refractivity contribution is -0.120. The molecule has 6 aliphatic rings. The molecule has 4 saturated carbocycles. The van der Waals surface area contributed by atoms with Crippen molar-refractivity contribution in [3.8, 4) is 11.5 Å². The van der Waals surface area contributed by atoms with Crippen molar-refractivity contribution in [3.63, 3.8) is 0 Å². The Morgan fingerprint density at radius 2 is 1.85 bits per heavy atom. The Kier molecular flexibility index (Phi) is 8.35. The average molecular weight is 632 g/mol. The molecule has 4 aliphatic carbocycles. The maximum absolute atomic E-state index is 14.4. The van der Waals surface area contributed by atoms with E-state index < -0.39 is 5.82 Å². The smallest absolute Gasteiger partial charge is 0.258 e. The molecule has 8 rings (SSSR count). The van der Waals surface area contributed by atoms with Crippen LogP contribution in [0.25, 0.3) is 0 Å². The van der Waals surface area contributed by atoms with Crippen molar-refractivity contribution in [2.24, 2.45) is 28.6 Å². The molecule has 6 fully saturated rings. The number of hydrogen-bond acceptors (Lipinski definition) is 7. The second-order valence-corrected chi connectivity index (χ2v) is 15.8. The number of carbonyl (C=O) groups excluding carboxylic acids is 2. The van der Waals surface area contributed by atoms with Gasteiger partial charge in [0.15, 0.2) is 11.6 Å². The van der Waals surface area contributed by atoms with E-state index in [-0.39, 0.29) is 29.0 Å². The number of aromatic nitrogens is 2. The minimum absolute atomic E-state index is 0.0447. The third kappa shape index (κ3) is 5.82. The van der Waals surface area contributed by atoms with Gasteiger partial charge in [-0.05, 0) is 127 Å². The van der Waals surface area contributed by atoms with Crippen molar-refractivity contribution in [1.82, 2.24) is 19.8 Å². The minimum Gasteiger partial charge on any atom is -0.451 e. The lowest BCUT2D eigenvalue weighted by atomic mass is 9.52. The Bertz CT molecular complexity index is 1460. The number of anilines is 1. The van der Waals surface area contributed by atoms with E-state index in [2.05, 4.69) is 19.8 Å². The fourth-order valence-electron chi connectivity index (χ4n) is 10.0. The highest BCUT2D eigenvalue weighted by molar-refractivity contribution is 5.97. The van der Waals surface area contributed by atoms with Crippen molar-refractivity contribution in [1.29, 1.82) is 0 Å². The van der Waals surface area contributed by atoms with Gasteiger partial charge in [0.25, 0.3) is 5.91 Å². The van der Waals surface area contributed by atoms with Crippen LogP contribution >= 0.6 is 0 Å². The summed E-state index contributed by atoms with van der Waals surface area (Å²) in [7, 11) is 0. The maximum atomic E-state index is 14.4. The molecule has 0 N–H and O–H groups in total. The van der Waals surface area contributed by atoms with Crippen LogP contribution in [-0.2, 0) is 4.79 Å². The summed E-state index contributed by atoms with van der Waals surface area (Å²) < 4.78 is 20.7. The van der Waals surface area contributed by atoms with Gasteiger partial charge in [0.2, 0.25) is 0 Å². The number of ether oxygens (including phenoxy) is 1. The predicted octanol–water partition coefficient (Wildman–Crippen LogP) is 6.74. The summed E-state index contributed by atoms with van der Waals surface area (Å²) in [6.45, 7) is 13.2. The summed E-state index contributed by atoms with van der Waals surface area (Å²) in [6, 6.07) is 4.02. The molecule has 248 valence electrons. The number of hydrogen-bond donors (Lipinski definition) is 0. The van der Waals surface area contributed by atoms with Crippen LogP contribution in [0.1, 0.15) is 95.8 Å². The van der Waals surface area contributed by atoms with Crippen LogP contribution in [0.3, 0.4) is 0 Å². The molecule has 0 radical (unpaired) electrons. The second-order valence-electron chi connectivity index (χ2n) is 15.8. The number of carbonyl (C=O) groups is 2. The molecule has 1 amide bonds. The van der Waals surface area contributed by atoms with E-state index in [9.17, 15) is 14.0 Å². The zero-order valence-corrected chi connectivity index (χ0v) is 28.0. The Morgan fingerprint density at radius 1 is 1.09 bits per heavy atom. The van der Waals surface area contributed by atoms with Gasteiger partial charge in [-0.3, -0.25) is 9.59 Å². The fourth-order valence-corrected chi connectivity index (χ4v) is 10.0. The monoisotopic (exact) mass is 631 g/mol. The molecule has 3 heterocycles. The van der Waals surface area contributed by atoms with Gasteiger partial charge >= 0.3 is 0 Å². The van der Waals surface area contributed by atoms with E-state index in [1.54, 1.807) is 11.1 Å². The number of benzene rings is 1. The zero-order valence-electron chi connectivity index (χ0n) is 28.0. The van der Waals surface area contributed by atoms with Gasteiger partial charge in [-0.25, -0.2) is 14.4 Å². The Hall–Kier alpha value is -3.07. The summed E-state index contributed by atoms with van der Waals surface area (Å²) in [5.41, 5.74) is 0.838. The van der Waals surface area contributed by atoms with E-state index >= 15 is 0 Å². The van der Waals surface area contributed by atoms with Crippen LogP contribution in [0.15, 0.2) is 30.7 Å². The number of Topliss-reactive ketones (excluding diaryl/α,β-unsaturated/α-hetero) is 1. The summed E-state index contributed by atoms with van der Waals surface area (Å²) in [5.74, 6) is 3.63. The number of ketones is 1. The number of amides is 1. The summed E-state index contributed by atoms with van der Waals surface area (Å²) >= 11 is 0. The normalized spacial score (nSPS) is 28.8. The molecule has 4 atom stereocenters. The summed E-state index contributed by atoms with van der Waals surface area (Å²) in [4.78, 5) is 41.3. The van der Waals surface area contributed by atoms with Gasteiger partial charge in [-0.1, -0.05) is 0 Å². The van der Waals surface area contributed by atoms with Crippen LogP contribution in [0.4, 0.5) is 10.2 Å². The molecule has 1 aromatic carbocycles. The fraction of sp³-hybridized carbons (Fsp3) is 0.676. The quantitative estimate of drug-likeness (QED) is 0.319. The van der Waals surface area contributed by atoms with Gasteiger partial charge in [0, 0.05) is 50.0 Å². The molecule has 46 heavy (non-hydrogen) atoms.